The van der Waals surface area contributed by atoms with Gasteiger partial charge < -0.3 is 10.2 Å². The van der Waals surface area contributed by atoms with E-state index in [9.17, 15) is 4.79 Å². The van der Waals surface area contributed by atoms with Gasteiger partial charge in [-0.25, -0.2) is 9.97 Å². The lowest BCUT2D eigenvalue weighted by Gasteiger charge is -2.21. The molecule has 0 fully saturated rings. The predicted octanol–water partition coefficient (Wildman–Crippen LogP) is 5.04. The van der Waals surface area contributed by atoms with Crippen LogP contribution < -0.4 is 10.2 Å². The van der Waals surface area contributed by atoms with E-state index in [2.05, 4.69) is 34.3 Å². The van der Waals surface area contributed by atoms with Crippen LogP contribution in [0.4, 0.5) is 11.5 Å². The van der Waals surface area contributed by atoms with Crippen LogP contribution in [0.25, 0.3) is 21.0 Å². The Morgan fingerprint density at radius 2 is 2.03 bits per heavy atom. The van der Waals surface area contributed by atoms with Crippen LogP contribution >= 0.6 is 11.3 Å². The minimum atomic E-state index is -0.0571. The molecule has 1 unspecified atom stereocenters. The van der Waals surface area contributed by atoms with Crippen molar-refractivity contribution in [2.24, 2.45) is 5.92 Å². The van der Waals surface area contributed by atoms with Gasteiger partial charge in [0.25, 0.3) is 0 Å². The molecule has 0 aliphatic heterocycles. The monoisotopic (exact) mass is 416 g/mol. The number of nitrogens with one attached hydrogen (secondary N) is 1. The second-order valence-electron chi connectivity index (χ2n) is 8.16. The molecule has 4 aromatic rings. The first-order valence-corrected chi connectivity index (χ1v) is 11.2. The maximum Gasteiger partial charge on any atom is 0.243 e. The van der Waals surface area contributed by atoms with E-state index >= 15 is 0 Å². The second-order valence-corrected chi connectivity index (χ2v) is 9.24. The number of nitrogens with zero attached hydrogens (tertiary/aromatic N) is 3. The molecule has 1 atom stereocenters. The van der Waals surface area contributed by atoms with Gasteiger partial charge in [-0.3, -0.25) is 4.79 Å². The summed E-state index contributed by atoms with van der Waals surface area (Å²) >= 11 is 1.78. The number of carbonyl (C=O) groups excluding carboxylic acids is 1. The maximum atomic E-state index is 12.9. The minimum Gasteiger partial charge on any atom is -0.350 e. The van der Waals surface area contributed by atoms with E-state index in [1.54, 1.807) is 17.7 Å². The molecule has 5 rings (SSSR count). The van der Waals surface area contributed by atoms with Gasteiger partial charge in [0.05, 0.1) is 11.9 Å². The molecule has 2 heterocycles. The van der Waals surface area contributed by atoms with Gasteiger partial charge in [-0.2, -0.15) is 0 Å². The summed E-state index contributed by atoms with van der Waals surface area (Å²) in [6, 6.07) is 14.0. The molecule has 2 aromatic heterocycles. The fraction of sp³-hybridized carbons (Fsp3) is 0.292. The van der Waals surface area contributed by atoms with E-state index in [1.807, 2.05) is 42.3 Å². The lowest BCUT2D eigenvalue weighted by atomic mass is 9.89. The van der Waals surface area contributed by atoms with Crippen LogP contribution in [-0.4, -0.2) is 29.5 Å². The quantitative estimate of drug-likeness (QED) is 0.506. The molecule has 1 amide bonds. The van der Waals surface area contributed by atoms with Crippen molar-refractivity contribution in [3.8, 4) is 0 Å². The Balaban J connectivity index is 1.41. The molecule has 5 nitrogen and oxygen atoms in total. The van der Waals surface area contributed by atoms with Gasteiger partial charge in [-0.1, -0.05) is 43.3 Å². The van der Waals surface area contributed by atoms with Gasteiger partial charge >= 0.3 is 0 Å². The Labute approximate surface area is 179 Å². The zero-order valence-corrected chi connectivity index (χ0v) is 18.0. The summed E-state index contributed by atoms with van der Waals surface area (Å²) in [7, 11) is 1.93. The van der Waals surface area contributed by atoms with E-state index in [0.717, 1.165) is 45.3 Å². The van der Waals surface area contributed by atoms with Crippen molar-refractivity contribution < 1.29 is 4.79 Å². The molecule has 6 heteroatoms. The van der Waals surface area contributed by atoms with Crippen LogP contribution in [0.1, 0.15) is 23.8 Å². The fourth-order valence-corrected chi connectivity index (χ4v) is 5.71. The van der Waals surface area contributed by atoms with Crippen molar-refractivity contribution >= 4 is 49.7 Å². The highest BCUT2D eigenvalue weighted by Gasteiger charge is 2.24. The number of thiophene rings is 1. The fourth-order valence-electron chi connectivity index (χ4n) is 4.36. The number of aryl methyl sites for hydroxylation is 1. The highest BCUT2D eigenvalue weighted by molar-refractivity contribution is 7.19. The number of carbonyl (C=O) groups is 1. The summed E-state index contributed by atoms with van der Waals surface area (Å²) in [6.45, 7) is 2.54. The summed E-state index contributed by atoms with van der Waals surface area (Å²) in [5.41, 5.74) is 2.21. The van der Waals surface area contributed by atoms with Gasteiger partial charge in [0.2, 0.25) is 5.91 Å². The number of amides is 1. The Morgan fingerprint density at radius 3 is 2.93 bits per heavy atom. The highest BCUT2D eigenvalue weighted by atomic mass is 32.1. The zero-order valence-electron chi connectivity index (χ0n) is 17.2. The van der Waals surface area contributed by atoms with Crippen molar-refractivity contribution in [1.82, 2.24) is 9.97 Å². The third-order valence-electron chi connectivity index (χ3n) is 5.88. The van der Waals surface area contributed by atoms with E-state index in [-0.39, 0.29) is 12.5 Å². The van der Waals surface area contributed by atoms with Gasteiger partial charge in [0.1, 0.15) is 17.0 Å². The van der Waals surface area contributed by atoms with Crippen molar-refractivity contribution in [1.29, 1.82) is 0 Å². The first-order valence-electron chi connectivity index (χ1n) is 10.3. The van der Waals surface area contributed by atoms with Crippen molar-refractivity contribution in [3.63, 3.8) is 0 Å². The van der Waals surface area contributed by atoms with Gasteiger partial charge in [-0.05, 0) is 42.2 Å². The first kappa shape index (κ1) is 19.0. The number of fused-ring (bicyclic) bond motifs is 4. The third-order valence-corrected chi connectivity index (χ3v) is 7.04. The molecule has 1 aliphatic carbocycles. The van der Waals surface area contributed by atoms with Crippen molar-refractivity contribution in [3.05, 3.63) is 59.2 Å². The van der Waals surface area contributed by atoms with Crippen LogP contribution in [0.15, 0.2) is 48.8 Å². The maximum absolute atomic E-state index is 12.9. The summed E-state index contributed by atoms with van der Waals surface area (Å²) in [6.07, 6.45) is 4.98. The summed E-state index contributed by atoms with van der Waals surface area (Å²) in [4.78, 5) is 26.3. The molecule has 0 saturated heterocycles. The average molecular weight is 417 g/mol. The molecule has 2 aromatic carbocycles. The minimum absolute atomic E-state index is 0.0571. The SMILES string of the molecule is CC1CCc2c(sc3ncnc(N(C)CC(=O)Nc4cccc5ccccc45)c23)C1. The molecule has 30 heavy (non-hydrogen) atoms. The standard InChI is InChI=1S/C24H24N4OS/c1-15-10-11-18-20(12-15)30-24-22(18)23(25-14-26-24)28(2)13-21(29)27-19-9-5-7-16-6-3-4-8-17(16)19/h3-9,14-15H,10-13H2,1-2H3,(H,27,29). The number of hydrogen-bond donors (Lipinski definition) is 1. The van der Waals surface area contributed by atoms with E-state index in [0.29, 0.717) is 5.92 Å². The molecule has 0 bridgehead atoms. The van der Waals surface area contributed by atoms with Crippen LogP contribution in [0.5, 0.6) is 0 Å². The molecule has 0 saturated carbocycles. The van der Waals surface area contributed by atoms with Crippen LogP contribution in [0.2, 0.25) is 0 Å². The molecule has 0 radical (unpaired) electrons. The van der Waals surface area contributed by atoms with Crippen molar-refractivity contribution in [2.45, 2.75) is 26.2 Å². The Kier molecular flexibility index (Phi) is 4.87. The second kappa shape index (κ2) is 7.69. The summed E-state index contributed by atoms with van der Waals surface area (Å²) in [5, 5.41) is 6.36. The molecular weight excluding hydrogens is 392 g/mol. The number of aromatic nitrogens is 2. The van der Waals surface area contributed by atoms with E-state index in [4.69, 9.17) is 0 Å². The van der Waals surface area contributed by atoms with Gasteiger partial charge in [0, 0.05) is 23.0 Å². The van der Waals surface area contributed by atoms with Crippen LogP contribution in [-0.2, 0) is 17.6 Å². The highest BCUT2D eigenvalue weighted by Crippen LogP contribution is 2.40. The Morgan fingerprint density at radius 1 is 1.20 bits per heavy atom. The largest absolute Gasteiger partial charge is 0.350 e. The lowest BCUT2D eigenvalue weighted by molar-refractivity contribution is -0.114. The van der Waals surface area contributed by atoms with Crippen LogP contribution in [0.3, 0.4) is 0 Å². The predicted molar refractivity (Wildman–Crippen MR) is 124 cm³/mol. The summed E-state index contributed by atoms with van der Waals surface area (Å²) in [5.74, 6) is 1.50. The normalized spacial score (nSPS) is 15.9. The molecule has 152 valence electrons. The molecular formula is C24H24N4OS. The topological polar surface area (TPSA) is 58.1 Å². The molecule has 0 spiro atoms. The average Bonchev–Trinajstić information content (AvgIpc) is 3.11. The smallest absolute Gasteiger partial charge is 0.243 e. The molecule has 1 N–H and O–H groups in total. The Bertz CT molecular complexity index is 1240. The van der Waals surface area contributed by atoms with Crippen molar-refractivity contribution in [2.75, 3.05) is 23.8 Å². The van der Waals surface area contributed by atoms with Crippen LogP contribution in [0, 0.1) is 5.92 Å². The summed E-state index contributed by atoms with van der Waals surface area (Å²) < 4.78 is 0. The van der Waals surface area contributed by atoms with E-state index < -0.39 is 0 Å². The number of hydrogen-bond acceptors (Lipinski definition) is 5. The number of rotatable bonds is 4. The number of likely N-dealkylation sites (N-methyl/N-ethyl adjacent to an activating group) is 1. The van der Waals surface area contributed by atoms with Gasteiger partial charge in [-0.15, -0.1) is 11.3 Å². The molecule has 1 aliphatic rings. The lowest BCUT2D eigenvalue weighted by Crippen LogP contribution is -2.31. The number of anilines is 2. The van der Waals surface area contributed by atoms with E-state index in [1.165, 1.54) is 16.9 Å². The zero-order chi connectivity index (χ0) is 20.7. The Hall–Kier alpha value is -2.99. The third kappa shape index (κ3) is 3.41. The first-order chi connectivity index (χ1) is 14.6. The van der Waals surface area contributed by atoms with Gasteiger partial charge in [0.15, 0.2) is 0 Å². The number of benzene rings is 2.